The Morgan fingerprint density at radius 3 is 2.86 bits per heavy atom. The van der Waals surface area contributed by atoms with Crippen LogP contribution >= 0.6 is 0 Å². The lowest BCUT2D eigenvalue weighted by Gasteiger charge is -2.30. The van der Waals surface area contributed by atoms with E-state index in [0.29, 0.717) is 18.6 Å². The summed E-state index contributed by atoms with van der Waals surface area (Å²) in [7, 11) is 1.19. The summed E-state index contributed by atoms with van der Waals surface area (Å²) < 4.78 is 17.4. The van der Waals surface area contributed by atoms with Crippen molar-refractivity contribution in [2.24, 2.45) is 5.92 Å². The zero-order valence-electron chi connectivity index (χ0n) is 9.29. The highest BCUT2D eigenvalue weighted by Gasteiger charge is 2.29. The molecule has 3 atom stereocenters. The molecule has 0 aromatic carbocycles. The summed E-state index contributed by atoms with van der Waals surface area (Å²) in [5.41, 5.74) is 0. The quantitative estimate of drug-likeness (QED) is 0.759. The Balaban J connectivity index is 2.50. The fourth-order valence-electron chi connectivity index (χ4n) is 1.75. The minimum Gasteiger partial charge on any atom is -0.380 e. The number of nitrogens with one attached hydrogen (secondary N) is 1. The molecule has 1 N–H and O–H groups in total. The van der Waals surface area contributed by atoms with E-state index in [1.54, 1.807) is 0 Å². The van der Waals surface area contributed by atoms with Crippen molar-refractivity contribution in [3.05, 3.63) is 0 Å². The Kier molecular flexibility index (Phi) is 5.06. The van der Waals surface area contributed by atoms with Crippen LogP contribution in [-0.4, -0.2) is 41.5 Å². The second kappa shape index (κ2) is 5.83. The van der Waals surface area contributed by atoms with Crippen molar-refractivity contribution in [1.82, 2.24) is 5.32 Å². The van der Waals surface area contributed by atoms with Gasteiger partial charge in [-0.3, -0.25) is 4.21 Å². The fourth-order valence-corrected chi connectivity index (χ4v) is 3.54. The maximum absolute atomic E-state index is 12.0. The maximum atomic E-state index is 12.0. The molecule has 0 aromatic rings. The topological polar surface area (TPSA) is 38.3 Å². The smallest absolute Gasteiger partial charge is 0.0735 e. The zero-order valence-corrected chi connectivity index (χ0v) is 10.1. The SMILES string of the molecule is CNC1CCOCC1S(=O)CC(C)C. The molecule has 1 heterocycles. The van der Waals surface area contributed by atoms with Crippen LogP contribution in [-0.2, 0) is 15.5 Å². The van der Waals surface area contributed by atoms with Crippen molar-refractivity contribution < 1.29 is 8.95 Å². The highest BCUT2D eigenvalue weighted by molar-refractivity contribution is 7.85. The number of rotatable bonds is 4. The van der Waals surface area contributed by atoms with Crippen molar-refractivity contribution in [3.63, 3.8) is 0 Å². The molecule has 0 bridgehead atoms. The third-order valence-electron chi connectivity index (χ3n) is 2.51. The number of hydrogen-bond donors (Lipinski definition) is 1. The van der Waals surface area contributed by atoms with Gasteiger partial charge in [0.05, 0.1) is 11.9 Å². The van der Waals surface area contributed by atoms with Crippen LogP contribution in [0.5, 0.6) is 0 Å². The van der Waals surface area contributed by atoms with E-state index in [2.05, 4.69) is 19.2 Å². The Labute approximate surface area is 89.1 Å². The van der Waals surface area contributed by atoms with E-state index in [1.807, 2.05) is 7.05 Å². The molecule has 0 amide bonds. The minimum atomic E-state index is -0.754. The monoisotopic (exact) mass is 219 g/mol. The van der Waals surface area contributed by atoms with Gasteiger partial charge in [0.25, 0.3) is 0 Å². The van der Waals surface area contributed by atoms with E-state index in [9.17, 15) is 4.21 Å². The first-order chi connectivity index (χ1) is 6.65. The molecule has 14 heavy (non-hydrogen) atoms. The van der Waals surface area contributed by atoms with Crippen molar-refractivity contribution in [1.29, 1.82) is 0 Å². The lowest BCUT2D eigenvalue weighted by Crippen LogP contribution is -2.48. The summed E-state index contributed by atoms with van der Waals surface area (Å²) in [5, 5.41) is 3.41. The third kappa shape index (κ3) is 3.33. The molecule has 3 unspecified atom stereocenters. The average molecular weight is 219 g/mol. The predicted molar refractivity (Wildman–Crippen MR) is 59.9 cm³/mol. The summed E-state index contributed by atoms with van der Waals surface area (Å²) in [6.07, 6.45) is 0.977. The van der Waals surface area contributed by atoms with Gasteiger partial charge in [-0.05, 0) is 19.4 Å². The lowest BCUT2D eigenvalue weighted by molar-refractivity contribution is 0.0838. The molecule has 4 heteroatoms. The van der Waals surface area contributed by atoms with E-state index >= 15 is 0 Å². The molecule has 0 spiro atoms. The van der Waals surface area contributed by atoms with Crippen LogP contribution in [0.3, 0.4) is 0 Å². The highest BCUT2D eigenvalue weighted by atomic mass is 32.2. The first-order valence-corrected chi connectivity index (χ1v) is 6.65. The number of ether oxygens (including phenoxy) is 1. The van der Waals surface area contributed by atoms with Gasteiger partial charge in [0, 0.05) is 29.2 Å². The normalized spacial score (nSPS) is 30.6. The predicted octanol–water partition coefficient (Wildman–Crippen LogP) is 0.768. The van der Waals surface area contributed by atoms with Crippen LogP contribution in [0.25, 0.3) is 0 Å². The standard InChI is InChI=1S/C10H21NO2S/c1-8(2)7-14(12)10-6-13-5-4-9(10)11-3/h8-11H,4-7H2,1-3H3. The summed E-state index contributed by atoms with van der Waals surface area (Å²) in [5.74, 6) is 1.28. The molecule has 84 valence electrons. The molecule has 0 aromatic heterocycles. The summed E-state index contributed by atoms with van der Waals surface area (Å²) >= 11 is 0. The van der Waals surface area contributed by atoms with Gasteiger partial charge in [0.1, 0.15) is 0 Å². The fraction of sp³-hybridized carbons (Fsp3) is 1.00. The van der Waals surface area contributed by atoms with Gasteiger partial charge in [-0.15, -0.1) is 0 Å². The summed E-state index contributed by atoms with van der Waals surface area (Å²) in [4.78, 5) is 0. The van der Waals surface area contributed by atoms with Gasteiger partial charge in [0.15, 0.2) is 0 Å². The van der Waals surface area contributed by atoms with Crippen LogP contribution < -0.4 is 5.32 Å². The molecule has 1 fully saturated rings. The molecule has 0 saturated carbocycles. The van der Waals surface area contributed by atoms with Crippen LogP contribution in [0.1, 0.15) is 20.3 Å². The van der Waals surface area contributed by atoms with Gasteiger partial charge >= 0.3 is 0 Å². The van der Waals surface area contributed by atoms with Gasteiger partial charge in [0.2, 0.25) is 0 Å². The van der Waals surface area contributed by atoms with Crippen molar-refractivity contribution in [2.45, 2.75) is 31.6 Å². The van der Waals surface area contributed by atoms with Gasteiger partial charge in [-0.2, -0.15) is 0 Å². The minimum absolute atomic E-state index is 0.177. The Morgan fingerprint density at radius 2 is 2.29 bits per heavy atom. The Hall–Kier alpha value is 0.0700. The van der Waals surface area contributed by atoms with E-state index in [4.69, 9.17) is 4.74 Å². The lowest BCUT2D eigenvalue weighted by atomic mass is 10.1. The van der Waals surface area contributed by atoms with E-state index < -0.39 is 10.8 Å². The third-order valence-corrected chi connectivity index (χ3v) is 4.65. The van der Waals surface area contributed by atoms with Crippen molar-refractivity contribution in [2.75, 3.05) is 26.0 Å². The van der Waals surface area contributed by atoms with Crippen LogP contribution in [0, 0.1) is 5.92 Å². The zero-order chi connectivity index (χ0) is 10.6. The highest BCUT2D eigenvalue weighted by Crippen LogP contribution is 2.15. The van der Waals surface area contributed by atoms with Crippen molar-refractivity contribution >= 4 is 10.8 Å². The van der Waals surface area contributed by atoms with Crippen LogP contribution in [0.4, 0.5) is 0 Å². The van der Waals surface area contributed by atoms with Crippen LogP contribution in [0.15, 0.2) is 0 Å². The van der Waals surface area contributed by atoms with Gasteiger partial charge in [-0.25, -0.2) is 0 Å². The van der Waals surface area contributed by atoms with Crippen molar-refractivity contribution in [3.8, 4) is 0 Å². The Bertz CT molecular complexity index is 197. The molecule has 0 radical (unpaired) electrons. The largest absolute Gasteiger partial charge is 0.380 e. The molecule has 1 aliphatic heterocycles. The molecule has 3 nitrogen and oxygen atoms in total. The molecule has 1 aliphatic rings. The molecular weight excluding hydrogens is 198 g/mol. The first-order valence-electron chi connectivity index (χ1n) is 5.27. The molecular formula is C10H21NO2S. The molecule has 1 saturated heterocycles. The second-order valence-electron chi connectivity index (χ2n) is 4.24. The molecule has 1 rings (SSSR count). The number of hydrogen-bond acceptors (Lipinski definition) is 3. The first kappa shape index (κ1) is 12.1. The van der Waals surface area contributed by atoms with E-state index in [-0.39, 0.29) is 5.25 Å². The van der Waals surface area contributed by atoms with Gasteiger partial charge < -0.3 is 10.1 Å². The summed E-state index contributed by atoms with van der Waals surface area (Å²) in [6, 6.07) is 0.364. The molecule has 0 aliphatic carbocycles. The summed E-state index contributed by atoms with van der Waals surface area (Å²) in [6.45, 7) is 5.65. The maximum Gasteiger partial charge on any atom is 0.0735 e. The van der Waals surface area contributed by atoms with Crippen LogP contribution in [0.2, 0.25) is 0 Å². The van der Waals surface area contributed by atoms with Gasteiger partial charge in [-0.1, -0.05) is 13.8 Å². The Morgan fingerprint density at radius 1 is 1.57 bits per heavy atom. The van der Waals surface area contributed by atoms with E-state index in [1.165, 1.54) is 0 Å². The average Bonchev–Trinajstić information content (AvgIpc) is 2.16. The van der Waals surface area contributed by atoms with E-state index in [0.717, 1.165) is 18.8 Å². The second-order valence-corrected chi connectivity index (χ2v) is 5.94.